The second-order valence-electron chi connectivity index (χ2n) is 2.72. The Morgan fingerprint density at radius 2 is 2.11 bits per heavy atom. The number of hydrogen-bond acceptors (Lipinski definition) is 6. The summed E-state index contributed by atoms with van der Waals surface area (Å²) in [6, 6.07) is 2.06. The first-order chi connectivity index (χ1) is 8.35. The molecule has 0 unspecified atom stereocenters. The Morgan fingerprint density at radius 1 is 1.50 bits per heavy atom. The molecule has 0 atom stereocenters. The van der Waals surface area contributed by atoms with Crippen molar-refractivity contribution in [3.63, 3.8) is 0 Å². The Labute approximate surface area is 99.9 Å². The predicted molar refractivity (Wildman–Crippen MR) is 55.1 cm³/mol. The van der Waals surface area contributed by atoms with E-state index in [9.17, 15) is 22.8 Å². The van der Waals surface area contributed by atoms with E-state index >= 15 is 0 Å². The number of nitrogens with two attached hydrogens (primary N) is 1. The van der Waals surface area contributed by atoms with Crippen LogP contribution in [0, 0.1) is 0 Å². The number of nitrogens with zero attached hydrogens (tertiary/aromatic N) is 1. The van der Waals surface area contributed by atoms with Gasteiger partial charge in [0.2, 0.25) is 6.29 Å². The standard InChI is InChI=1S/C6H6F3N3.C3H4O3/c7-6(8,9)4-1-2-5(12-10)11-3-4;1-6-3(5)2-4/h1-3H,10H2,(H,11,12);2H,1H3. The number of methoxy groups -OCH3 is 1. The molecule has 0 saturated carbocycles. The van der Waals surface area contributed by atoms with Crippen LogP contribution < -0.4 is 11.3 Å². The summed E-state index contributed by atoms with van der Waals surface area (Å²) in [6.45, 7) is 0. The fourth-order valence-electron chi connectivity index (χ4n) is 0.695. The van der Waals surface area contributed by atoms with Crippen LogP contribution in [0.3, 0.4) is 0 Å². The molecule has 1 rings (SSSR count). The summed E-state index contributed by atoms with van der Waals surface area (Å²) in [7, 11) is 1.15. The van der Waals surface area contributed by atoms with E-state index in [1.165, 1.54) is 0 Å². The molecular formula is C9H10F3N3O3. The van der Waals surface area contributed by atoms with Gasteiger partial charge in [-0.2, -0.15) is 13.2 Å². The van der Waals surface area contributed by atoms with Gasteiger partial charge in [-0.05, 0) is 12.1 Å². The van der Waals surface area contributed by atoms with Crippen LogP contribution in [0.1, 0.15) is 5.56 Å². The van der Waals surface area contributed by atoms with Crippen LogP contribution >= 0.6 is 0 Å². The predicted octanol–water partition coefficient (Wildman–Crippen LogP) is 0.744. The lowest BCUT2D eigenvalue weighted by molar-refractivity contribution is -0.146. The lowest BCUT2D eigenvalue weighted by Gasteiger charge is -2.05. The maximum Gasteiger partial charge on any atom is 0.417 e. The number of aldehydes is 1. The van der Waals surface area contributed by atoms with Gasteiger partial charge >= 0.3 is 12.1 Å². The minimum Gasteiger partial charge on any atom is -0.463 e. The lowest BCUT2D eigenvalue weighted by Crippen LogP contribution is -2.10. The van der Waals surface area contributed by atoms with Crippen molar-refractivity contribution in [1.29, 1.82) is 0 Å². The molecule has 0 bridgehead atoms. The molecule has 0 aliphatic rings. The number of aromatic nitrogens is 1. The van der Waals surface area contributed by atoms with Gasteiger partial charge in [0.25, 0.3) is 0 Å². The Bertz CT molecular complexity index is 392. The van der Waals surface area contributed by atoms with Crippen LogP contribution in [0.25, 0.3) is 0 Å². The molecule has 6 nitrogen and oxygen atoms in total. The quantitative estimate of drug-likeness (QED) is 0.269. The zero-order chi connectivity index (χ0) is 14.2. The van der Waals surface area contributed by atoms with Gasteiger partial charge in [-0.3, -0.25) is 4.79 Å². The van der Waals surface area contributed by atoms with Crippen LogP contribution in [0.2, 0.25) is 0 Å². The number of pyridine rings is 1. The summed E-state index contributed by atoms with van der Waals surface area (Å²) >= 11 is 0. The fraction of sp³-hybridized carbons (Fsp3) is 0.222. The summed E-state index contributed by atoms with van der Waals surface area (Å²) < 4.78 is 39.7. The third-order valence-electron chi connectivity index (χ3n) is 1.54. The molecule has 0 spiro atoms. The number of alkyl halides is 3. The molecule has 0 aromatic carbocycles. The second kappa shape index (κ2) is 7.22. The molecule has 1 heterocycles. The zero-order valence-corrected chi connectivity index (χ0v) is 9.19. The first kappa shape index (κ1) is 15.8. The highest BCUT2D eigenvalue weighted by atomic mass is 19.4. The summed E-state index contributed by atoms with van der Waals surface area (Å²) in [6.07, 6.45) is -3.52. The number of nitrogen functional groups attached to an aromatic ring is 1. The van der Waals surface area contributed by atoms with Gasteiger partial charge in [-0.1, -0.05) is 0 Å². The normalized spacial score (nSPS) is 9.83. The van der Waals surface area contributed by atoms with E-state index in [4.69, 9.17) is 5.84 Å². The van der Waals surface area contributed by atoms with Crippen LogP contribution in [0.4, 0.5) is 19.0 Å². The molecule has 0 aliphatic carbocycles. The monoisotopic (exact) mass is 265 g/mol. The molecule has 1 aromatic heterocycles. The highest BCUT2D eigenvalue weighted by Crippen LogP contribution is 2.28. The smallest absolute Gasteiger partial charge is 0.417 e. The number of halogens is 3. The molecule has 18 heavy (non-hydrogen) atoms. The van der Waals surface area contributed by atoms with Crippen molar-refractivity contribution in [3.05, 3.63) is 23.9 Å². The molecule has 100 valence electrons. The Balaban J connectivity index is 0.000000411. The molecule has 3 N–H and O–H groups in total. The minimum absolute atomic E-state index is 0.111. The first-order valence-electron chi connectivity index (χ1n) is 4.38. The van der Waals surface area contributed by atoms with Crippen molar-refractivity contribution in [1.82, 2.24) is 4.98 Å². The largest absolute Gasteiger partial charge is 0.463 e. The number of ether oxygens (including phenoxy) is 1. The maximum absolute atomic E-state index is 11.9. The summed E-state index contributed by atoms with van der Waals surface area (Å²) in [5.74, 6) is 4.27. The van der Waals surface area contributed by atoms with Crippen LogP contribution in [0.5, 0.6) is 0 Å². The molecule has 0 fully saturated rings. The van der Waals surface area contributed by atoms with E-state index in [0.29, 0.717) is 0 Å². The van der Waals surface area contributed by atoms with Gasteiger partial charge in [0.15, 0.2) is 0 Å². The third kappa shape index (κ3) is 5.80. The molecule has 0 amide bonds. The molecule has 0 saturated heterocycles. The summed E-state index contributed by atoms with van der Waals surface area (Å²) in [5.41, 5.74) is 1.34. The lowest BCUT2D eigenvalue weighted by atomic mass is 10.3. The Morgan fingerprint density at radius 3 is 2.33 bits per heavy atom. The van der Waals surface area contributed by atoms with Crippen LogP contribution in [-0.2, 0) is 20.5 Å². The van der Waals surface area contributed by atoms with E-state index in [1.807, 2.05) is 0 Å². The van der Waals surface area contributed by atoms with Crippen molar-refractivity contribution < 1.29 is 27.5 Å². The van der Waals surface area contributed by atoms with Gasteiger partial charge in [0.1, 0.15) is 5.82 Å². The van der Waals surface area contributed by atoms with Crippen molar-refractivity contribution >= 4 is 18.1 Å². The number of rotatable bonds is 2. The van der Waals surface area contributed by atoms with Crippen molar-refractivity contribution in [3.8, 4) is 0 Å². The minimum atomic E-state index is -4.35. The number of esters is 1. The van der Waals surface area contributed by atoms with Crippen LogP contribution in [0.15, 0.2) is 18.3 Å². The molecular weight excluding hydrogens is 255 g/mol. The second-order valence-corrected chi connectivity index (χ2v) is 2.72. The number of anilines is 1. The van der Waals surface area contributed by atoms with Gasteiger partial charge in [-0.25, -0.2) is 15.6 Å². The maximum atomic E-state index is 11.9. The highest BCUT2D eigenvalue weighted by molar-refractivity contribution is 6.20. The highest BCUT2D eigenvalue weighted by Gasteiger charge is 2.30. The summed E-state index contributed by atoms with van der Waals surface area (Å²) in [5, 5.41) is 0. The molecule has 9 heteroatoms. The van der Waals surface area contributed by atoms with Gasteiger partial charge in [-0.15, -0.1) is 0 Å². The van der Waals surface area contributed by atoms with Gasteiger partial charge in [0, 0.05) is 6.20 Å². The summed E-state index contributed by atoms with van der Waals surface area (Å²) in [4.78, 5) is 22.3. The van der Waals surface area contributed by atoms with Gasteiger partial charge < -0.3 is 10.2 Å². The number of carbonyl (C=O) groups excluding carboxylic acids is 2. The molecule has 0 aliphatic heterocycles. The van der Waals surface area contributed by atoms with E-state index < -0.39 is 17.7 Å². The van der Waals surface area contributed by atoms with E-state index in [2.05, 4.69) is 15.1 Å². The first-order valence-corrected chi connectivity index (χ1v) is 4.38. The average molecular weight is 265 g/mol. The molecule has 1 aromatic rings. The van der Waals surface area contributed by atoms with Crippen molar-refractivity contribution in [2.45, 2.75) is 6.18 Å². The zero-order valence-electron chi connectivity index (χ0n) is 9.19. The van der Waals surface area contributed by atoms with E-state index in [-0.39, 0.29) is 12.1 Å². The van der Waals surface area contributed by atoms with E-state index in [0.717, 1.165) is 25.4 Å². The van der Waals surface area contributed by atoms with Gasteiger partial charge in [0.05, 0.1) is 12.7 Å². The van der Waals surface area contributed by atoms with Crippen molar-refractivity contribution in [2.75, 3.05) is 12.5 Å². The number of nitrogens with one attached hydrogen (secondary N) is 1. The Kier molecular flexibility index (Phi) is 6.35. The number of carbonyl (C=O) groups is 2. The van der Waals surface area contributed by atoms with E-state index in [1.54, 1.807) is 0 Å². The molecule has 0 radical (unpaired) electrons. The van der Waals surface area contributed by atoms with Crippen molar-refractivity contribution in [2.24, 2.45) is 5.84 Å². The Hall–Kier alpha value is -2.16. The SMILES string of the molecule is COC(=O)C=O.NNc1ccc(C(F)(F)F)cn1. The third-order valence-corrected chi connectivity index (χ3v) is 1.54. The topological polar surface area (TPSA) is 94.3 Å². The average Bonchev–Trinajstić information content (AvgIpc) is 2.37. The van der Waals surface area contributed by atoms with Crippen LogP contribution in [-0.4, -0.2) is 24.3 Å². The number of hydrogen-bond donors (Lipinski definition) is 2. The number of hydrazine groups is 1. The fourth-order valence-corrected chi connectivity index (χ4v) is 0.695.